The lowest BCUT2D eigenvalue weighted by molar-refractivity contribution is 0.221. The Balaban J connectivity index is 0.00000289. The van der Waals surface area contributed by atoms with Crippen LogP contribution in [0.1, 0.15) is 36.8 Å². The van der Waals surface area contributed by atoms with Gasteiger partial charge in [-0.2, -0.15) is 0 Å². The first-order valence-corrected chi connectivity index (χ1v) is 11.3. The Bertz CT molecular complexity index is 869. The zero-order chi connectivity index (χ0) is 21.5. The fraction of sp³-hybridized carbons (Fsp3) is 0.500. The van der Waals surface area contributed by atoms with Crippen LogP contribution in [0, 0.1) is 5.82 Å². The van der Waals surface area contributed by atoms with Gasteiger partial charge in [0, 0.05) is 45.5 Å². The van der Waals surface area contributed by atoms with Crippen LogP contribution in [0.3, 0.4) is 0 Å². The summed E-state index contributed by atoms with van der Waals surface area (Å²) in [5.41, 5.74) is 2.61. The van der Waals surface area contributed by atoms with Gasteiger partial charge in [0.2, 0.25) is 0 Å². The molecule has 0 amide bonds. The molecule has 0 saturated carbocycles. The molecule has 2 aliphatic heterocycles. The second-order valence-electron chi connectivity index (χ2n) is 8.46. The molecule has 0 bridgehead atoms. The molecule has 1 aromatic carbocycles. The first kappa shape index (κ1) is 24.7. The molecule has 0 spiro atoms. The van der Waals surface area contributed by atoms with E-state index in [1.54, 1.807) is 19.3 Å². The van der Waals surface area contributed by atoms with Crippen molar-refractivity contribution in [1.82, 2.24) is 20.5 Å². The largest absolute Gasteiger partial charge is 0.352 e. The van der Waals surface area contributed by atoms with E-state index in [0.717, 1.165) is 32.0 Å². The van der Waals surface area contributed by atoms with E-state index in [4.69, 9.17) is 0 Å². The van der Waals surface area contributed by atoms with E-state index < -0.39 is 0 Å². The van der Waals surface area contributed by atoms with E-state index in [9.17, 15) is 4.39 Å². The topological polar surface area (TPSA) is 55.8 Å². The quantitative estimate of drug-likeness (QED) is 0.325. The summed E-state index contributed by atoms with van der Waals surface area (Å²) < 4.78 is 14.0. The van der Waals surface area contributed by atoms with E-state index in [1.807, 2.05) is 4.90 Å². The molecule has 2 N–H and O–H groups in total. The van der Waals surface area contributed by atoms with Crippen molar-refractivity contribution < 1.29 is 4.39 Å². The molecule has 3 heterocycles. The molecular formula is C24H34FIN6. The predicted octanol–water partition coefficient (Wildman–Crippen LogP) is 3.77. The minimum absolute atomic E-state index is 0. The number of hydrogen-bond acceptors (Lipinski definition) is 4. The SMILES string of the molecule is CN=C(NCc1ccc(CN2CCCCC2)cc1)NC1CCN(c2ncccc2F)C1.I. The number of anilines is 1. The molecule has 2 aliphatic rings. The smallest absolute Gasteiger partial charge is 0.191 e. The van der Waals surface area contributed by atoms with Crippen molar-refractivity contribution in [3.05, 3.63) is 59.5 Å². The molecule has 4 rings (SSSR count). The first-order chi connectivity index (χ1) is 15.2. The fourth-order valence-corrected chi connectivity index (χ4v) is 4.39. The van der Waals surface area contributed by atoms with Crippen LogP contribution in [0.2, 0.25) is 0 Å². The van der Waals surface area contributed by atoms with Crippen molar-refractivity contribution in [2.45, 2.75) is 44.8 Å². The monoisotopic (exact) mass is 552 g/mol. The van der Waals surface area contributed by atoms with E-state index in [-0.39, 0.29) is 35.8 Å². The number of guanidine groups is 1. The summed E-state index contributed by atoms with van der Waals surface area (Å²) in [6.45, 7) is 5.69. The lowest BCUT2D eigenvalue weighted by Gasteiger charge is -2.26. The Morgan fingerprint density at radius 2 is 1.84 bits per heavy atom. The molecular weight excluding hydrogens is 518 g/mol. The molecule has 2 saturated heterocycles. The summed E-state index contributed by atoms with van der Waals surface area (Å²) in [6.07, 6.45) is 6.57. The average Bonchev–Trinajstić information content (AvgIpc) is 3.27. The van der Waals surface area contributed by atoms with Gasteiger partial charge in [0.05, 0.1) is 0 Å². The highest BCUT2D eigenvalue weighted by atomic mass is 127. The number of benzene rings is 1. The van der Waals surface area contributed by atoms with Crippen LogP contribution in [0.15, 0.2) is 47.6 Å². The Morgan fingerprint density at radius 1 is 1.09 bits per heavy atom. The zero-order valence-corrected chi connectivity index (χ0v) is 21.1. The Labute approximate surface area is 207 Å². The van der Waals surface area contributed by atoms with E-state index >= 15 is 0 Å². The van der Waals surface area contributed by atoms with Gasteiger partial charge in [0.15, 0.2) is 17.6 Å². The third-order valence-corrected chi connectivity index (χ3v) is 6.13. The molecule has 2 fully saturated rings. The Kier molecular flexibility index (Phi) is 9.52. The maximum absolute atomic E-state index is 14.0. The van der Waals surface area contributed by atoms with E-state index in [2.05, 4.69) is 49.8 Å². The highest BCUT2D eigenvalue weighted by molar-refractivity contribution is 14.0. The Morgan fingerprint density at radius 3 is 2.56 bits per heavy atom. The predicted molar refractivity (Wildman–Crippen MR) is 139 cm³/mol. The molecule has 1 aromatic heterocycles. The molecule has 0 radical (unpaired) electrons. The van der Waals surface area contributed by atoms with Gasteiger partial charge in [0.25, 0.3) is 0 Å². The van der Waals surface area contributed by atoms with Crippen molar-refractivity contribution in [1.29, 1.82) is 0 Å². The summed E-state index contributed by atoms with van der Waals surface area (Å²) in [4.78, 5) is 13.1. The average molecular weight is 552 g/mol. The van der Waals surface area contributed by atoms with E-state index in [0.29, 0.717) is 12.4 Å². The second-order valence-corrected chi connectivity index (χ2v) is 8.46. The molecule has 32 heavy (non-hydrogen) atoms. The number of halogens is 2. The molecule has 174 valence electrons. The highest BCUT2D eigenvalue weighted by Gasteiger charge is 2.25. The fourth-order valence-electron chi connectivity index (χ4n) is 4.39. The number of aromatic nitrogens is 1. The minimum atomic E-state index is -0.269. The molecule has 0 aliphatic carbocycles. The summed E-state index contributed by atoms with van der Waals surface area (Å²) in [5.74, 6) is 0.930. The molecule has 8 heteroatoms. The van der Waals surface area contributed by atoms with Gasteiger partial charge in [-0.3, -0.25) is 9.89 Å². The maximum atomic E-state index is 14.0. The summed E-state index contributed by atoms with van der Waals surface area (Å²) in [7, 11) is 1.78. The van der Waals surface area contributed by atoms with Gasteiger partial charge in [-0.05, 0) is 55.6 Å². The van der Waals surface area contributed by atoms with Crippen molar-refractivity contribution in [3.63, 3.8) is 0 Å². The van der Waals surface area contributed by atoms with Gasteiger partial charge in [-0.15, -0.1) is 24.0 Å². The third kappa shape index (κ3) is 6.78. The summed E-state index contributed by atoms with van der Waals surface area (Å²) >= 11 is 0. The number of aliphatic imine (C=N–C) groups is 1. The van der Waals surface area contributed by atoms with Crippen molar-refractivity contribution in [3.8, 4) is 0 Å². The molecule has 2 aromatic rings. The first-order valence-electron chi connectivity index (χ1n) is 11.3. The van der Waals surface area contributed by atoms with Crippen LogP contribution < -0.4 is 15.5 Å². The standard InChI is InChI=1S/C24H33FN6.HI/c1-26-24(29-21-11-15-31(18-21)23-22(25)6-5-12-27-23)28-16-19-7-9-20(10-8-19)17-30-13-3-2-4-14-30;/h5-10,12,21H,2-4,11,13-18H2,1H3,(H2,26,28,29);1H. The highest BCUT2D eigenvalue weighted by Crippen LogP contribution is 2.20. The number of pyridine rings is 1. The number of nitrogens with one attached hydrogen (secondary N) is 2. The minimum Gasteiger partial charge on any atom is -0.352 e. The van der Waals surface area contributed by atoms with Crippen molar-refractivity contribution in [2.24, 2.45) is 4.99 Å². The van der Waals surface area contributed by atoms with E-state index in [1.165, 1.54) is 49.5 Å². The molecule has 1 unspecified atom stereocenters. The molecule has 6 nitrogen and oxygen atoms in total. The van der Waals surface area contributed by atoms with Gasteiger partial charge in [0.1, 0.15) is 0 Å². The second kappa shape index (κ2) is 12.3. The normalized spacial score (nSPS) is 19.5. The van der Waals surface area contributed by atoms with Gasteiger partial charge in [-0.1, -0.05) is 30.7 Å². The maximum Gasteiger partial charge on any atom is 0.191 e. The van der Waals surface area contributed by atoms with Crippen LogP contribution in [0.25, 0.3) is 0 Å². The van der Waals surface area contributed by atoms with Crippen LogP contribution in [-0.4, -0.2) is 55.1 Å². The molecule has 1 atom stereocenters. The number of nitrogens with zero attached hydrogens (tertiary/aromatic N) is 4. The lowest BCUT2D eigenvalue weighted by Crippen LogP contribution is -2.44. The Hall–Kier alpha value is -1.94. The van der Waals surface area contributed by atoms with Gasteiger partial charge >= 0.3 is 0 Å². The van der Waals surface area contributed by atoms with Crippen molar-refractivity contribution >= 4 is 35.8 Å². The van der Waals surface area contributed by atoms with Gasteiger partial charge < -0.3 is 15.5 Å². The van der Waals surface area contributed by atoms with Crippen LogP contribution in [-0.2, 0) is 13.1 Å². The van der Waals surface area contributed by atoms with Crippen molar-refractivity contribution in [2.75, 3.05) is 38.1 Å². The zero-order valence-electron chi connectivity index (χ0n) is 18.8. The van der Waals surface area contributed by atoms with Crippen LogP contribution in [0.5, 0.6) is 0 Å². The van der Waals surface area contributed by atoms with Gasteiger partial charge in [-0.25, -0.2) is 9.37 Å². The number of piperidine rings is 1. The number of rotatable bonds is 6. The van der Waals surface area contributed by atoms with Crippen LogP contribution in [0.4, 0.5) is 10.2 Å². The summed E-state index contributed by atoms with van der Waals surface area (Å²) in [6, 6.07) is 12.1. The lowest BCUT2D eigenvalue weighted by atomic mass is 10.1. The summed E-state index contributed by atoms with van der Waals surface area (Å²) in [5, 5.41) is 6.86. The van der Waals surface area contributed by atoms with Crippen LogP contribution >= 0.6 is 24.0 Å². The number of hydrogen-bond donors (Lipinski definition) is 2. The number of likely N-dealkylation sites (tertiary alicyclic amines) is 1. The third-order valence-electron chi connectivity index (χ3n) is 6.13.